The first-order valence-corrected chi connectivity index (χ1v) is 4.50. The molecule has 5 nitrogen and oxygen atoms in total. The molecule has 0 rings (SSSR count). The number of halogens is 1. The van der Waals surface area contributed by atoms with Crippen molar-refractivity contribution in [2.24, 2.45) is 0 Å². The number of carbonyl (C=O) groups is 2. The molecule has 0 spiro atoms. The highest BCUT2D eigenvalue weighted by atomic mass is 79.9. The Kier molecular flexibility index (Phi) is 6.45. The van der Waals surface area contributed by atoms with E-state index in [9.17, 15) is 9.59 Å². The maximum absolute atomic E-state index is 10.6. The summed E-state index contributed by atoms with van der Waals surface area (Å²) in [5.41, 5.74) is 6.47. The van der Waals surface area contributed by atoms with E-state index in [2.05, 4.69) is 26.0 Å². The summed E-state index contributed by atoms with van der Waals surface area (Å²) in [4.78, 5) is 20.7. The van der Waals surface area contributed by atoms with Crippen LogP contribution in [0.3, 0.4) is 0 Å². The predicted molar refractivity (Wildman–Crippen MR) is 45.9 cm³/mol. The molecule has 0 aliphatic carbocycles. The van der Waals surface area contributed by atoms with Crippen molar-refractivity contribution >= 4 is 27.9 Å². The van der Waals surface area contributed by atoms with Crippen molar-refractivity contribution in [3.63, 3.8) is 0 Å². The third kappa shape index (κ3) is 7.33. The maximum atomic E-state index is 10.6. The van der Waals surface area contributed by atoms with Gasteiger partial charge in [0, 0.05) is 5.33 Å². The molecule has 69 valence electrons. The van der Waals surface area contributed by atoms with Gasteiger partial charge < -0.3 is 10.1 Å². The lowest BCUT2D eigenvalue weighted by atomic mass is 10.5. The number of amides is 2. The highest BCUT2D eigenvalue weighted by Crippen LogP contribution is 1.88. The Morgan fingerprint density at radius 3 is 2.67 bits per heavy atom. The van der Waals surface area contributed by atoms with Gasteiger partial charge in [0.25, 0.3) is 5.91 Å². The minimum Gasteiger partial charge on any atom is -0.450 e. The van der Waals surface area contributed by atoms with Crippen LogP contribution in [0.5, 0.6) is 0 Å². The number of carbonyl (C=O) groups excluding carboxylic acids is 2. The Balaban J connectivity index is 3.28. The van der Waals surface area contributed by atoms with E-state index >= 15 is 0 Å². The SMILES string of the molecule is [NH]C(=O)CNC(=O)OCCCBr. The first-order chi connectivity index (χ1) is 5.66. The lowest BCUT2D eigenvalue weighted by Crippen LogP contribution is -2.30. The Bertz CT molecular complexity index is 163. The first-order valence-electron chi connectivity index (χ1n) is 3.38. The quantitative estimate of drug-likeness (QED) is 0.552. The summed E-state index contributed by atoms with van der Waals surface area (Å²) >= 11 is 3.17. The van der Waals surface area contributed by atoms with Gasteiger partial charge in [-0.25, -0.2) is 4.79 Å². The van der Waals surface area contributed by atoms with Gasteiger partial charge in [-0.2, -0.15) is 0 Å². The van der Waals surface area contributed by atoms with E-state index in [-0.39, 0.29) is 6.54 Å². The number of hydrogen-bond donors (Lipinski definition) is 1. The minimum atomic E-state index is -0.840. The second-order valence-electron chi connectivity index (χ2n) is 1.96. The maximum Gasteiger partial charge on any atom is 0.407 e. The average molecular weight is 238 g/mol. The van der Waals surface area contributed by atoms with Gasteiger partial charge in [-0.1, -0.05) is 15.9 Å². The number of hydrogen-bond acceptors (Lipinski definition) is 3. The second-order valence-corrected chi connectivity index (χ2v) is 2.75. The predicted octanol–water partition coefficient (Wildman–Crippen LogP) is 0.307. The lowest BCUT2D eigenvalue weighted by molar-refractivity contribution is -0.117. The highest BCUT2D eigenvalue weighted by Gasteiger charge is 2.02. The van der Waals surface area contributed by atoms with Crippen LogP contribution in [-0.4, -0.2) is 30.5 Å². The third-order valence-electron chi connectivity index (χ3n) is 0.904. The Morgan fingerprint density at radius 1 is 1.50 bits per heavy atom. The van der Waals surface area contributed by atoms with Gasteiger partial charge in [0.1, 0.15) is 6.54 Å². The molecule has 1 radical (unpaired) electrons. The summed E-state index contributed by atoms with van der Waals surface area (Å²) in [6.45, 7) is 0.0103. The molecule has 0 aromatic rings. The van der Waals surface area contributed by atoms with E-state index in [1.807, 2.05) is 0 Å². The van der Waals surface area contributed by atoms with Crippen LogP contribution in [-0.2, 0) is 9.53 Å². The van der Waals surface area contributed by atoms with Crippen molar-refractivity contribution < 1.29 is 14.3 Å². The number of rotatable bonds is 5. The average Bonchev–Trinajstić information content (AvgIpc) is 2.01. The molecule has 0 fully saturated rings. The normalized spacial score (nSPS) is 9.08. The van der Waals surface area contributed by atoms with Crippen LogP contribution in [0.25, 0.3) is 0 Å². The van der Waals surface area contributed by atoms with Crippen LogP contribution < -0.4 is 11.1 Å². The fraction of sp³-hybridized carbons (Fsp3) is 0.667. The van der Waals surface area contributed by atoms with Gasteiger partial charge in [0.15, 0.2) is 0 Å². The molecule has 0 unspecified atom stereocenters. The van der Waals surface area contributed by atoms with Crippen LogP contribution >= 0.6 is 15.9 Å². The number of alkyl carbamates (subject to hydrolysis) is 1. The fourth-order valence-corrected chi connectivity index (χ4v) is 0.652. The summed E-state index contributed by atoms with van der Waals surface area (Å²) in [7, 11) is 0. The third-order valence-corrected chi connectivity index (χ3v) is 1.47. The highest BCUT2D eigenvalue weighted by molar-refractivity contribution is 9.09. The number of nitrogens with one attached hydrogen (secondary N) is 2. The van der Waals surface area contributed by atoms with Gasteiger partial charge >= 0.3 is 6.09 Å². The molecule has 12 heavy (non-hydrogen) atoms. The monoisotopic (exact) mass is 237 g/mol. The molecular weight excluding hydrogens is 228 g/mol. The van der Waals surface area contributed by atoms with Gasteiger partial charge in [-0.15, -0.1) is 0 Å². The van der Waals surface area contributed by atoms with E-state index in [0.717, 1.165) is 11.8 Å². The molecule has 0 heterocycles. The van der Waals surface area contributed by atoms with Crippen molar-refractivity contribution in [1.29, 1.82) is 0 Å². The zero-order chi connectivity index (χ0) is 9.40. The zero-order valence-electron chi connectivity index (χ0n) is 6.43. The molecule has 2 N–H and O–H groups in total. The molecule has 0 aromatic carbocycles. The topological polar surface area (TPSA) is 79.2 Å². The van der Waals surface area contributed by atoms with Crippen LogP contribution in [0.2, 0.25) is 0 Å². The molecular formula is C6H10BrN2O3. The molecule has 0 aliphatic rings. The van der Waals surface area contributed by atoms with E-state index in [1.54, 1.807) is 0 Å². The molecule has 6 heteroatoms. The first kappa shape index (κ1) is 11.2. The Morgan fingerprint density at radius 2 is 2.17 bits per heavy atom. The van der Waals surface area contributed by atoms with Gasteiger partial charge in [-0.05, 0) is 6.42 Å². The van der Waals surface area contributed by atoms with E-state index in [4.69, 9.17) is 5.73 Å². The van der Waals surface area contributed by atoms with Crippen LogP contribution in [0, 0.1) is 0 Å². The summed E-state index contributed by atoms with van der Waals surface area (Å²) in [6, 6.07) is 0. The zero-order valence-corrected chi connectivity index (χ0v) is 8.02. The molecule has 0 saturated carbocycles. The van der Waals surface area contributed by atoms with Crippen LogP contribution in [0.1, 0.15) is 6.42 Å². The summed E-state index contributed by atoms with van der Waals surface area (Å²) in [6.07, 6.45) is 0.0685. The van der Waals surface area contributed by atoms with E-state index in [1.165, 1.54) is 0 Å². The molecule has 0 aliphatic heterocycles. The van der Waals surface area contributed by atoms with Crippen molar-refractivity contribution in [3.05, 3.63) is 0 Å². The van der Waals surface area contributed by atoms with Crippen molar-refractivity contribution in [2.45, 2.75) is 6.42 Å². The summed E-state index contributed by atoms with van der Waals surface area (Å²) in [5.74, 6) is -0.840. The van der Waals surface area contributed by atoms with Gasteiger partial charge in [0.05, 0.1) is 6.61 Å². The summed E-state index contributed by atoms with van der Waals surface area (Å²) in [5, 5.41) is 2.89. The van der Waals surface area contributed by atoms with Crippen molar-refractivity contribution in [2.75, 3.05) is 18.5 Å². The molecule has 0 saturated heterocycles. The standard InChI is InChI=1S/C6H10BrN2O3/c7-2-1-3-12-6(11)9-4-5(8)10/h8H,1-4H2,(H,9,11). The van der Waals surface area contributed by atoms with E-state index in [0.29, 0.717) is 6.61 Å². The fourth-order valence-electron chi connectivity index (χ4n) is 0.423. The molecule has 0 aromatic heterocycles. The van der Waals surface area contributed by atoms with Crippen LogP contribution in [0.15, 0.2) is 0 Å². The minimum absolute atomic E-state index is 0.298. The van der Waals surface area contributed by atoms with Crippen molar-refractivity contribution in [1.82, 2.24) is 11.1 Å². The van der Waals surface area contributed by atoms with E-state index < -0.39 is 12.0 Å². The Hall–Kier alpha value is -0.780. The van der Waals surface area contributed by atoms with Crippen LogP contribution in [0.4, 0.5) is 4.79 Å². The molecule has 2 amide bonds. The molecule has 0 bridgehead atoms. The molecule has 0 atom stereocenters. The lowest BCUT2D eigenvalue weighted by Gasteiger charge is -2.03. The van der Waals surface area contributed by atoms with Crippen molar-refractivity contribution in [3.8, 4) is 0 Å². The Labute approximate surface area is 78.8 Å². The van der Waals surface area contributed by atoms with Gasteiger partial charge in [0.2, 0.25) is 0 Å². The summed E-state index contributed by atoms with van der Waals surface area (Å²) < 4.78 is 4.62. The number of alkyl halides is 1. The second kappa shape index (κ2) is 6.90. The smallest absolute Gasteiger partial charge is 0.407 e. The largest absolute Gasteiger partial charge is 0.450 e. The number of ether oxygens (including phenoxy) is 1. The van der Waals surface area contributed by atoms with Gasteiger partial charge in [-0.3, -0.25) is 10.5 Å².